The second-order valence-corrected chi connectivity index (χ2v) is 9.74. The van der Waals surface area contributed by atoms with Gasteiger partial charge in [0.1, 0.15) is 0 Å². The average molecular weight is 479 g/mol. The maximum Gasteiger partial charge on any atom is 0.319 e. The van der Waals surface area contributed by atoms with E-state index in [1.807, 2.05) is 61.5 Å². The number of unbranched alkanes of at least 4 members (excludes halogenated alkanes) is 2. The fourth-order valence-corrected chi connectivity index (χ4v) is 4.90. The van der Waals surface area contributed by atoms with Crippen molar-refractivity contribution in [2.75, 3.05) is 0 Å². The van der Waals surface area contributed by atoms with Gasteiger partial charge in [0.25, 0.3) is 0 Å². The summed E-state index contributed by atoms with van der Waals surface area (Å²) in [6, 6.07) is 28.1. The Labute approximate surface area is 212 Å². The van der Waals surface area contributed by atoms with Crippen molar-refractivity contribution in [1.29, 1.82) is 0 Å². The van der Waals surface area contributed by atoms with Crippen LogP contribution in [0.25, 0.3) is 22.3 Å². The first-order chi connectivity index (χ1) is 17.5. The molecule has 4 aromatic rings. The van der Waals surface area contributed by atoms with Gasteiger partial charge < -0.3 is 4.74 Å². The standard InChI is InChI=1S/C33H31FO2/c1-3-4-5-6-23-9-13-24(14-10-23)25-15-17-26(18-16-25)29-20-19-28-21-30(27-11-7-22(2)8-12-27)33(35)36-32(28)31(29)34/h7-20,30H,3-6,21H2,1-2H3. The van der Waals surface area contributed by atoms with Gasteiger partial charge in [0.15, 0.2) is 11.6 Å². The quantitative estimate of drug-likeness (QED) is 0.151. The molecule has 182 valence electrons. The Bertz CT molecular complexity index is 1350. The molecule has 1 aliphatic rings. The lowest BCUT2D eigenvalue weighted by Gasteiger charge is -2.25. The summed E-state index contributed by atoms with van der Waals surface area (Å²) in [5, 5.41) is 0. The Hall–Kier alpha value is -3.72. The lowest BCUT2D eigenvalue weighted by atomic mass is 9.88. The van der Waals surface area contributed by atoms with Gasteiger partial charge in [0.2, 0.25) is 0 Å². The number of ether oxygens (including phenoxy) is 1. The summed E-state index contributed by atoms with van der Waals surface area (Å²) in [4.78, 5) is 12.8. The summed E-state index contributed by atoms with van der Waals surface area (Å²) < 4.78 is 21.1. The van der Waals surface area contributed by atoms with Gasteiger partial charge in [-0.3, -0.25) is 4.79 Å². The normalized spacial score (nSPS) is 14.9. The van der Waals surface area contributed by atoms with Crippen molar-refractivity contribution in [3.8, 4) is 28.0 Å². The second kappa shape index (κ2) is 10.5. The van der Waals surface area contributed by atoms with Gasteiger partial charge in [-0.05, 0) is 59.6 Å². The number of rotatable bonds is 7. The van der Waals surface area contributed by atoms with Crippen LogP contribution in [-0.2, 0) is 17.6 Å². The SMILES string of the molecule is CCCCCc1ccc(-c2ccc(-c3ccc4c(c3F)OC(=O)C(c3ccc(C)cc3)C4)cc2)cc1. The Kier molecular flexibility index (Phi) is 6.99. The van der Waals surface area contributed by atoms with Crippen LogP contribution in [0.5, 0.6) is 5.75 Å². The van der Waals surface area contributed by atoms with Crippen molar-refractivity contribution < 1.29 is 13.9 Å². The zero-order valence-corrected chi connectivity index (χ0v) is 20.9. The topological polar surface area (TPSA) is 26.3 Å². The highest BCUT2D eigenvalue weighted by atomic mass is 19.1. The van der Waals surface area contributed by atoms with Gasteiger partial charge in [0.05, 0.1) is 5.92 Å². The van der Waals surface area contributed by atoms with E-state index < -0.39 is 17.7 Å². The van der Waals surface area contributed by atoms with Gasteiger partial charge in [-0.1, -0.05) is 110 Å². The number of carbonyl (C=O) groups is 1. The molecule has 0 aromatic heterocycles. The van der Waals surface area contributed by atoms with Crippen molar-refractivity contribution in [3.05, 3.63) is 113 Å². The van der Waals surface area contributed by atoms with E-state index in [1.54, 1.807) is 6.07 Å². The molecular weight excluding hydrogens is 447 g/mol. The first-order valence-corrected chi connectivity index (χ1v) is 12.8. The van der Waals surface area contributed by atoms with Gasteiger partial charge in [-0.25, -0.2) is 4.39 Å². The Morgan fingerprint density at radius 2 is 1.44 bits per heavy atom. The van der Waals surface area contributed by atoms with Crippen molar-refractivity contribution in [2.45, 2.75) is 51.9 Å². The summed E-state index contributed by atoms with van der Waals surface area (Å²) in [5.41, 5.74) is 7.53. The van der Waals surface area contributed by atoms with E-state index in [4.69, 9.17) is 4.74 Å². The maximum atomic E-state index is 15.5. The zero-order valence-electron chi connectivity index (χ0n) is 20.9. The molecule has 36 heavy (non-hydrogen) atoms. The third-order valence-electron chi connectivity index (χ3n) is 7.12. The van der Waals surface area contributed by atoms with Crippen molar-refractivity contribution in [2.24, 2.45) is 0 Å². The Morgan fingerprint density at radius 1 is 0.806 bits per heavy atom. The molecule has 0 spiro atoms. The number of hydrogen-bond donors (Lipinski definition) is 0. The van der Waals surface area contributed by atoms with Crippen LogP contribution in [0.4, 0.5) is 4.39 Å². The van der Waals surface area contributed by atoms with E-state index in [9.17, 15) is 4.79 Å². The molecule has 0 saturated heterocycles. The molecule has 0 fully saturated rings. The lowest BCUT2D eigenvalue weighted by molar-refractivity contribution is -0.137. The van der Waals surface area contributed by atoms with Gasteiger partial charge in [-0.15, -0.1) is 0 Å². The van der Waals surface area contributed by atoms with Crippen molar-refractivity contribution in [3.63, 3.8) is 0 Å². The molecule has 0 amide bonds. The maximum absolute atomic E-state index is 15.5. The van der Waals surface area contributed by atoms with E-state index in [-0.39, 0.29) is 5.75 Å². The largest absolute Gasteiger partial charge is 0.423 e. The number of fused-ring (bicyclic) bond motifs is 1. The molecule has 1 heterocycles. The van der Waals surface area contributed by atoms with Crippen LogP contribution in [0.15, 0.2) is 84.9 Å². The van der Waals surface area contributed by atoms with E-state index in [0.29, 0.717) is 12.0 Å². The van der Waals surface area contributed by atoms with Crippen LogP contribution in [0.2, 0.25) is 0 Å². The van der Waals surface area contributed by atoms with Gasteiger partial charge in [-0.2, -0.15) is 0 Å². The molecule has 0 saturated carbocycles. The monoisotopic (exact) mass is 478 g/mol. The molecule has 1 aliphatic heterocycles. The average Bonchev–Trinajstić information content (AvgIpc) is 2.90. The van der Waals surface area contributed by atoms with Crippen LogP contribution in [0.3, 0.4) is 0 Å². The van der Waals surface area contributed by atoms with E-state index in [1.165, 1.54) is 24.8 Å². The molecule has 0 bridgehead atoms. The van der Waals surface area contributed by atoms with Gasteiger partial charge >= 0.3 is 5.97 Å². The highest BCUT2D eigenvalue weighted by Gasteiger charge is 2.32. The molecule has 1 unspecified atom stereocenters. The fourth-order valence-electron chi connectivity index (χ4n) is 4.90. The van der Waals surface area contributed by atoms with Crippen LogP contribution in [0.1, 0.15) is 54.4 Å². The summed E-state index contributed by atoms with van der Waals surface area (Å²) in [7, 11) is 0. The predicted molar refractivity (Wildman–Crippen MR) is 144 cm³/mol. The molecule has 0 aliphatic carbocycles. The first kappa shape index (κ1) is 24.0. The smallest absolute Gasteiger partial charge is 0.319 e. The highest BCUT2D eigenvalue weighted by molar-refractivity contribution is 5.84. The molecule has 0 radical (unpaired) electrons. The minimum atomic E-state index is -0.479. The fraction of sp³-hybridized carbons (Fsp3) is 0.242. The number of halogens is 1. The molecule has 1 atom stereocenters. The lowest BCUT2D eigenvalue weighted by Crippen LogP contribution is -2.26. The predicted octanol–water partition coefficient (Wildman–Crippen LogP) is 8.45. The van der Waals surface area contributed by atoms with E-state index in [0.717, 1.165) is 39.8 Å². The minimum Gasteiger partial charge on any atom is -0.423 e. The Balaban J connectivity index is 1.35. The summed E-state index contributed by atoms with van der Waals surface area (Å²) >= 11 is 0. The second-order valence-electron chi connectivity index (χ2n) is 9.74. The van der Waals surface area contributed by atoms with Crippen molar-refractivity contribution >= 4 is 5.97 Å². The van der Waals surface area contributed by atoms with Crippen LogP contribution in [-0.4, -0.2) is 5.97 Å². The first-order valence-electron chi connectivity index (χ1n) is 12.8. The summed E-state index contributed by atoms with van der Waals surface area (Å²) in [6.45, 7) is 4.23. The third-order valence-corrected chi connectivity index (χ3v) is 7.12. The summed E-state index contributed by atoms with van der Waals surface area (Å²) in [6.07, 6.45) is 5.25. The van der Waals surface area contributed by atoms with Crippen LogP contribution < -0.4 is 4.74 Å². The molecule has 0 N–H and O–H groups in total. The number of aryl methyl sites for hydroxylation is 2. The molecular formula is C33H31FO2. The summed E-state index contributed by atoms with van der Waals surface area (Å²) in [5.74, 6) is -1.24. The molecule has 5 rings (SSSR count). The molecule has 2 nitrogen and oxygen atoms in total. The Morgan fingerprint density at radius 3 is 2.11 bits per heavy atom. The third kappa shape index (κ3) is 4.97. The number of carbonyl (C=O) groups excluding carboxylic acids is 1. The van der Waals surface area contributed by atoms with Crippen molar-refractivity contribution in [1.82, 2.24) is 0 Å². The minimum absolute atomic E-state index is 0.0589. The number of hydrogen-bond acceptors (Lipinski definition) is 2. The van der Waals surface area contributed by atoms with E-state index >= 15 is 4.39 Å². The van der Waals surface area contributed by atoms with Gasteiger partial charge in [0, 0.05) is 5.56 Å². The molecule has 4 aromatic carbocycles. The molecule has 3 heteroatoms. The van der Waals surface area contributed by atoms with Crippen LogP contribution in [0, 0.1) is 12.7 Å². The zero-order chi connectivity index (χ0) is 25.1. The highest BCUT2D eigenvalue weighted by Crippen LogP contribution is 2.39. The van der Waals surface area contributed by atoms with E-state index in [2.05, 4.69) is 31.2 Å². The van der Waals surface area contributed by atoms with Crippen LogP contribution >= 0.6 is 0 Å². The number of benzene rings is 4. The number of esters is 1.